The average Bonchev–Trinajstić information content (AvgIpc) is 2.64. The molecule has 0 saturated carbocycles. The SMILES string of the molecule is C=CCN(C)c1[c]c(Br)c(-c2ccccc2)c(F)c1OCCCCCC. The first-order valence-electron chi connectivity index (χ1n) is 9.04. The van der Waals surface area contributed by atoms with Gasteiger partial charge in [-0.2, -0.15) is 0 Å². The van der Waals surface area contributed by atoms with Crippen LogP contribution < -0.4 is 9.64 Å². The lowest BCUT2D eigenvalue weighted by Gasteiger charge is -2.23. The molecule has 0 amide bonds. The van der Waals surface area contributed by atoms with Crippen molar-refractivity contribution in [3.63, 3.8) is 0 Å². The van der Waals surface area contributed by atoms with E-state index in [-0.39, 0.29) is 11.6 Å². The van der Waals surface area contributed by atoms with Gasteiger partial charge in [0.05, 0.1) is 12.3 Å². The summed E-state index contributed by atoms with van der Waals surface area (Å²) in [5, 5.41) is 0. The van der Waals surface area contributed by atoms with Crippen molar-refractivity contribution in [1.29, 1.82) is 0 Å². The summed E-state index contributed by atoms with van der Waals surface area (Å²) in [6.07, 6.45) is 6.09. The number of anilines is 1. The van der Waals surface area contributed by atoms with Crippen LogP contribution in [0.25, 0.3) is 11.1 Å². The Labute approximate surface area is 164 Å². The Kier molecular flexibility index (Phi) is 8.17. The zero-order chi connectivity index (χ0) is 18.9. The van der Waals surface area contributed by atoms with Crippen molar-refractivity contribution in [3.8, 4) is 16.9 Å². The van der Waals surface area contributed by atoms with Gasteiger partial charge in [-0.05, 0) is 27.9 Å². The quantitative estimate of drug-likeness (QED) is 0.316. The van der Waals surface area contributed by atoms with Crippen molar-refractivity contribution in [1.82, 2.24) is 0 Å². The predicted octanol–water partition coefficient (Wildman–Crippen LogP) is 6.64. The fourth-order valence-corrected chi connectivity index (χ4v) is 3.37. The Morgan fingerprint density at radius 2 is 1.96 bits per heavy atom. The second-order valence-electron chi connectivity index (χ2n) is 6.25. The van der Waals surface area contributed by atoms with Crippen LogP contribution in [0.4, 0.5) is 10.1 Å². The molecule has 4 heteroatoms. The van der Waals surface area contributed by atoms with Crippen molar-refractivity contribution in [2.24, 2.45) is 0 Å². The molecule has 0 spiro atoms. The van der Waals surface area contributed by atoms with E-state index in [4.69, 9.17) is 4.74 Å². The molecule has 2 aromatic rings. The number of likely N-dealkylation sites (N-methyl/N-ethyl adjacent to an activating group) is 1. The molecule has 2 aromatic carbocycles. The molecular formula is C22H26BrFNO. The maximum Gasteiger partial charge on any atom is 0.179 e. The molecule has 0 bridgehead atoms. The van der Waals surface area contributed by atoms with Crippen LogP contribution in [-0.2, 0) is 0 Å². The second kappa shape index (κ2) is 10.4. The molecule has 0 heterocycles. The molecule has 0 unspecified atom stereocenters. The highest BCUT2D eigenvalue weighted by atomic mass is 79.9. The standard InChI is InChI=1S/C22H26BrFNO/c1-4-6-7-11-15-26-22-19(25(3)14-5-2)16-18(23)20(21(22)24)17-12-9-8-10-13-17/h5,8-10,12-13H,2,4,6-7,11,14-15H2,1,3H3. The van der Waals surface area contributed by atoms with Crippen LogP contribution in [0.5, 0.6) is 5.75 Å². The molecule has 0 atom stereocenters. The van der Waals surface area contributed by atoms with Crippen LogP contribution in [0.1, 0.15) is 32.6 Å². The number of halogens is 2. The highest BCUT2D eigenvalue weighted by Gasteiger charge is 2.22. The third-order valence-electron chi connectivity index (χ3n) is 4.17. The van der Waals surface area contributed by atoms with Gasteiger partial charge in [-0.25, -0.2) is 4.39 Å². The predicted molar refractivity (Wildman–Crippen MR) is 111 cm³/mol. The summed E-state index contributed by atoms with van der Waals surface area (Å²) >= 11 is 3.49. The number of hydrogen-bond acceptors (Lipinski definition) is 2. The first-order valence-corrected chi connectivity index (χ1v) is 9.84. The molecule has 2 rings (SSSR count). The number of ether oxygens (including phenoxy) is 1. The maximum atomic E-state index is 15.4. The van der Waals surface area contributed by atoms with E-state index in [9.17, 15) is 0 Å². The first-order chi connectivity index (χ1) is 12.6. The van der Waals surface area contributed by atoms with Crippen LogP contribution in [0.15, 0.2) is 47.5 Å². The summed E-state index contributed by atoms with van der Waals surface area (Å²) in [5.74, 6) is -0.101. The Morgan fingerprint density at radius 3 is 2.62 bits per heavy atom. The van der Waals surface area contributed by atoms with E-state index in [1.165, 1.54) is 0 Å². The molecule has 0 aliphatic heterocycles. The third kappa shape index (κ3) is 5.10. The highest BCUT2D eigenvalue weighted by molar-refractivity contribution is 9.10. The summed E-state index contributed by atoms with van der Waals surface area (Å²) in [6.45, 7) is 7.00. The molecule has 0 saturated heterocycles. The van der Waals surface area contributed by atoms with Crippen molar-refractivity contribution < 1.29 is 9.13 Å². The summed E-state index contributed by atoms with van der Waals surface area (Å²) in [5.41, 5.74) is 1.87. The van der Waals surface area contributed by atoms with Gasteiger partial charge in [0.25, 0.3) is 0 Å². The summed E-state index contributed by atoms with van der Waals surface area (Å²) in [7, 11) is 1.88. The minimum absolute atomic E-state index is 0.257. The molecule has 2 nitrogen and oxygen atoms in total. The van der Waals surface area contributed by atoms with E-state index >= 15 is 4.39 Å². The van der Waals surface area contributed by atoms with Crippen LogP contribution in [0, 0.1) is 11.9 Å². The topological polar surface area (TPSA) is 12.5 Å². The van der Waals surface area contributed by atoms with Gasteiger partial charge >= 0.3 is 0 Å². The van der Waals surface area contributed by atoms with E-state index in [2.05, 4.69) is 35.5 Å². The number of hydrogen-bond donors (Lipinski definition) is 0. The second-order valence-corrected chi connectivity index (χ2v) is 7.04. The normalized spacial score (nSPS) is 10.6. The average molecular weight is 419 g/mol. The summed E-state index contributed by atoms with van der Waals surface area (Å²) in [6, 6.07) is 12.7. The number of benzene rings is 2. The molecule has 0 fully saturated rings. The smallest absolute Gasteiger partial charge is 0.179 e. The molecule has 0 aliphatic carbocycles. The van der Waals surface area contributed by atoms with Crippen LogP contribution in [0.3, 0.4) is 0 Å². The molecule has 0 aromatic heterocycles. The monoisotopic (exact) mass is 418 g/mol. The van der Waals surface area contributed by atoms with Crippen molar-refractivity contribution in [3.05, 3.63) is 59.3 Å². The zero-order valence-corrected chi connectivity index (χ0v) is 17.1. The minimum atomic E-state index is -0.358. The van der Waals surface area contributed by atoms with Gasteiger partial charge in [0.2, 0.25) is 0 Å². The Bertz CT molecular complexity index is 718. The minimum Gasteiger partial charge on any atom is -0.488 e. The van der Waals surface area contributed by atoms with E-state index < -0.39 is 0 Å². The fraction of sp³-hybridized carbons (Fsp3) is 0.364. The lowest BCUT2D eigenvalue weighted by Crippen LogP contribution is -2.19. The highest BCUT2D eigenvalue weighted by Crippen LogP contribution is 2.41. The Morgan fingerprint density at radius 1 is 1.23 bits per heavy atom. The van der Waals surface area contributed by atoms with Crippen LogP contribution in [-0.4, -0.2) is 20.2 Å². The van der Waals surface area contributed by atoms with Gasteiger partial charge < -0.3 is 9.64 Å². The van der Waals surface area contributed by atoms with E-state index in [1.54, 1.807) is 6.08 Å². The van der Waals surface area contributed by atoms with Crippen LogP contribution in [0.2, 0.25) is 0 Å². The van der Waals surface area contributed by atoms with E-state index in [0.717, 1.165) is 31.2 Å². The molecule has 139 valence electrons. The number of unbranched alkanes of at least 4 members (excludes halogenated alkanes) is 3. The van der Waals surface area contributed by atoms with E-state index in [0.29, 0.717) is 28.9 Å². The van der Waals surface area contributed by atoms with Crippen LogP contribution >= 0.6 is 15.9 Å². The molecule has 0 N–H and O–H groups in total. The first kappa shape index (κ1) is 20.5. The largest absolute Gasteiger partial charge is 0.488 e. The lowest BCUT2D eigenvalue weighted by molar-refractivity contribution is 0.291. The van der Waals surface area contributed by atoms with E-state index in [1.807, 2.05) is 42.3 Å². The van der Waals surface area contributed by atoms with Gasteiger partial charge in [-0.1, -0.05) is 62.6 Å². The molecular weight excluding hydrogens is 393 g/mol. The Balaban J connectivity index is 2.40. The van der Waals surface area contributed by atoms with Gasteiger partial charge in [-0.15, -0.1) is 6.58 Å². The summed E-state index contributed by atoms with van der Waals surface area (Å²) in [4.78, 5) is 1.89. The lowest BCUT2D eigenvalue weighted by atomic mass is 10.0. The molecule has 26 heavy (non-hydrogen) atoms. The van der Waals surface area contributed by atoms with Crippen molar-refractivity contribution in [2.75, 3.05) is 25.1 Å². The fourth-order valence-electron chi connectivity index (χ4n) is 2.78. The van der Waals surface area contributed by atoms with Gasteiger partial charge in [0.1, 0.15) is 0 Å². The number of nitrogens with zero attached hydrogens (tertiary/aromatic N) is 1. The van der Waals surface area contributed by atoms with Crippen molar-refractivity contribution in [2.45, 2.75) is 32.6 Å². The molecule has 0 aliphatic rings. The summed E-state index contributed by atoms with van der Waals surface area (Å²) < 4.78 is 21.9. The number of rotatable bonds is 10. The van der Waals surface area contributed by atoms with Gasteiger partial charge in [0, 0.05) is 29.7 Å². The van der Waals surface area contributed by atoms with Gasteiger partial charge in [0.15, 0.2) is 11.6 Å². The third-order valence-corrected chi connectivity index (χ3v) is 4.77. The van der Waals surface area contributed by atoms with Gasteiger partial charge in [-0.3, -0.25) is 0 Å². The molecule has 1 radical (unpaired) electrons. The Hall–Kier alpha value is -1.81. The van der Waals surface area contributed by atoms with Crippen molar-refractivity contribution >= 4 is 21.6 Å². The zero-order valence-electron chi connectivity index (χ0n) is 15.5. The maximum absolute atomic E-state index is 15.4.